The highest BCUT2D eigenvalue weighted by Gasteiger charge is 2.30. The van der Waals surface area contributed by atoms with E-state index in [9.17, 15) is 27.6 Å². The smallest absolute Gasteiger partial charge is 0.416 e. The first kappa shape index (κ1) is 21.4. The van der Waals surface area contributed by atoms with Gasteiger partial charge in [-0.3, -0.25) is 9.59 Å². The van der Waals surface area contributed by atoms with Crippen molar-refractivity contribution in [3.63, 3.8) is 0 Å². The zero-order valence-corrected chi connectivity index (χ0v) is 16.0. The molecule has 0 aliphatic carbocycles. The van der Waals surface area contributed by atoms with Crippen molar-refractivity contribution in [1.29, 1.82) is 0 Å². The highest BCUT2D eigenvalue weighted by molar-refractivity contribution is 5.99. The first-order chi connectivity index (χ1) is 14.1. The molecule has 1 heterocycles. The van der Waals surface area contributed by atoms with E-state index in [1.807, 2.05) is 0 Å². The maximum Gasteiger partial charge on any atom is 0.416 e. The predicted molar refractivity (Wildman–Crippen MR) is 103 cm³/mol. The molecule has 1 saturated heterocycles. The van der Waals surface area contributed by atoms with Crippen LogP contribution in [0.3, 0.4) is 0 Å². The number of carbonyl (C=O) groups excluding carboxylic acids is 3. The number of esters is 1. The van der Waals surface area contributed by atoms with E-state index in [1.165, 1.54) is 19.1 Å². The monoisotopic (exact) mass is 420 g/mol. The molecular weight excluding hydrogens is 401 g/mol. The van der Waals surface area contributed by atoms with Crippen molar-refractivity contribution in [3.05, 3.63) is 59.7 Å². The lowest BCUT2D eigenvalue weighted by molar-refractivity contribution is -0.137. The molecule has 0 spiro atoms. The second-order valence-electron chi connectivity index (χ2n) is 6.81. The molecule has 1 unspecified atom stereocenters. The van der Waals surface area contributed by atoms with Crippen molar-refractivity contribution >= 4 is 29.2 Å². The van der Waals surface area contributed by atoms with Crippen LogP contribution in [0.1, 0.15) is 35.7 Å². The molecule has 6 nitrogen and oxygen atoms in total. The molecule has 1 atom stereocenters. The number of hydrogen-bond donors (Lipinski definition) is 1. The number of halogens is 3. The van der Waals surface area contributed by atoms with Crippen LogP contribution in [-0.4, -0.2) is 30.4 Å². The molecule has 30 heavy (non-hydrogen) atoms. The van der Waals surface area contributed by atoms with E-state index in [0.717, 1.165) is 30.7 Å². The van der Waals surface area contributed by atoms with Gasteiger partial charge in [0.25, 0.3) is 5.91 Å². The molecule has 0 saturated carbocycles. The fourth-order valence-electron chi connectivity index (χ4n) is 2.99. The predicted octanol–water partition coefficient (Wildman–Crippen LogP) is 4.02. The van der Waals surface area contributed by atoms with Crippen LogP contribution in [0, 0.1) is 0 Å². The minimum absolute atomic E-state index is 0.0233. The lowest BCUT2D eigenvalue weighted by atomic mass is 10.2. The summed E-state index contributed by atoms with van der Waals surface area (Å²) in [5.74, 6) is -1.46. The van der Waals surface area contributed by atoms with E-state index >= 15 is 0 Å². The topological polar surface area (TPSA) is 75.7 Å². The number of nitrogens with one attached hydrogen (secondary N) is 1. The summed E-state index contributed by atoms with van der Waals surface area (Å²) in [5.41, 5.74) is 0.0666. The van der Waals surface area contributed by atoms with Gasteiger partial charge in [0.2, 0.25) is 5.91 Å². The minimum Gasteiger partial charge on any atom is -0.449 e. The summed E-state index contributed by atoms with van der Waals surface area (Å²) in [6, 6.07) is 10.3. The standard InChI is InChI=1S/C21H19F3N2O4/c1-13(19(28)25-16-9-7-15(8-10-16)21(22,23)24)30-20(29)14-4-2-5-17(12-14)26-11-3-6-18(26)27/h2,4-5,7-10,12-13H,3,6,11H2,1H3,(H,25,28). The first-order valence-corrected chi connectivity index (χ1v) is 9.24. The fourth-order valence-corrected chi connectivity index (χ4v) is 2.99. The van der Waals surface area contributed by atoms with Gasteiger partial charge in [0.1, 0.15) is 0 Å². The van der Waals surface area contributed by atoms with Gasteiger partial charge in [-0.2, -0.15) is 13.2 Å². The molecule has 1 N–H and O–H groups in total. The van der Waals surface area contributed by atoms with Crippen LogP contribution in [0.25, 0.3) is 0 Å². The molecular formula is C21H19F3N2O4. The number of nitrogens with zero attached hydrogens (tertiary/aromatic N) is 1. The zero-order valence-electron chi connectivity index (χ0n) is 16.0. The first-order valence-electron chi connectivity index (χ1n) is 9.24. The van der Waals surface area contributed by atoms with Gasteiger partial charge in [-0.25, -0.2) is 4.79 Å². The van der Waals surface area contributed by atoms with Crippen molar-refractivity contribution in [1.82, 2.24) is 0 Å². The van der Waals surface area contributed by atoms with Crippen LogP contribution in [0.5, 0.6) is 0 Å². The van der Waals surface area contributed by atoms with Crippen LogP contribution in [0.2, 0.25) is 0 Å². The van der Waals surface area contributed by atoms with Crippen molar-refractivity contribution in [2.75, 3.05) is 16.8 Å². The second kappa shape index (κ2) is 8.56. The van der Waals surface area contributed by atoms with Crippen LogP contribution in [-0.2, 0) is 20.5 Å². The fraction of sp³-hybridized carbons (Fsp3) is 0.286. The molecule has 2 amide bonds. The zero-order chi connectivity index (χ0) is 21.9. The van der Waals surface area contributed by atoms with Gasteiger partial charge in [0.05, 0.1) is 11.1 Å². The molecule has 9 heteroatoms. The number of benzene rings is 2. The van der Waals surface area contributed by atoms with Gasteiger partial charge in [0.15, 0.2) is 6.10 Å². The Morgan fingerprint density at radius 2 is 1.83 bits per heavy atom. The third-order valence-corrected chi connectivity index (χ3v) is 4.60. The van der Waals surface area contributed by atoms with E-state index in [4.69, 9.17) is 4.74 Å². The molecule has 158 valence electrons. The Balaban J connectivity index is 1.61. The van der Waals surface area contributed by atoms with E-state index in [2.05, 4.69) is 5.32 Å². The highest BCUT2D eigenvalue weighted by Crippen LogP contribution is 2.30. The maximum absolute atomic E-state index is 12.6. The quantitative estimate of drug-likeness (QED) is 0.742. The summed E-state index contributed by atoms with van der Waals surface area (Å²) in [6.07, 6.45) is -4.46. The Morgan fingerprint density at radius 3 is 2.43 bits per heavy atom. The van der Waals surface area contributed by atoms with Crippen molar-refractivity contribution in [2.24, 2.45) is 0 Å². The molecule has 3 rings (SSSR count). The lowest BCUT2D eigenvalue weighted by Crippen LogP contribution is -2.30. The molecule has 0 bridgehead atoms. The third-order valence-electron chi connectivity index (χ3n) is 4.60. The van der Waals surface area contributed by atoms with Crippen LogP contribution < -0.4 is 10.2 Å². The van der Waals surface area contributed by atoms with E-state index in [0.29, 0.717) is 18.7 Å². The molecule has 2 aromatic carbocycles. The summed E-state index contributed by atoms with van der Waals surface area (Å²) in [4.78, 5) is 38.0. The van der Waals surface area contributed by atoms with Crippen LogP contribution in [0.4, 0.5) is 24.5 Å². The number of anilines is 2. The van der Waals surface area contributed by atoms with E-state index in [-0.39, 0.29) is 17.2 Å². The van der Waals surface area contributed by atoms with E-state index < -0.39 is 29.7 Å². The molecule has 1 aliphatic heterocycles. The van der Waals surface area contributed by atoms with Gasteiger partial charge < -0.3 is 15.0 Å². The van der Waals surface area contributed by atoms with Crippen molar-refractivity contribution in [3.8, 4) is 0 Å². The average Bonchev–Trinajstić information content (AvgIpc) is 3.13. The number of alkyl halides is 3. The Hall–Kier alpha value is -3.36. The number of ether oxygens (including phenoxy) is 1. The molecule has 1 aliphatic rings. The summed E-state index contributed by atoms with van der Waals surface area (Å²) in [5, 5.41) is 2.40. The number of carbonyl (C=O) groups is 3. The summed E-state index contributed by atoms with van der Waals surface area (Å²) in [6.45, 7) is 1.93. The third kappa shape index (κ3) is 4.97. The van der Waals surface area contributed by atoms with E-state index in [1.54, 1.807) is 17.0 Å². The minimum atomic E-state index is -4.47. The van der Waals surface area contributed by atoms with Crippen molar-refractivity contribution < 1.29 is 32.3 Å². The highest BCUT2D eigenvalue weighted by atomic mass is 19.4. The Labute approximate surface area is 170 Å². The average molecular weight is 420 g/mol. The van der Waals surface area contributed by atoms with Gasteiger partial charge in [-0.1, -0.05) is 6.07 Å². The lowest BCUT2D eigenvalue weighted by Gasteiger charge is -2.17. The largest absolute Gasteiger partial charge is 0.449 e. The molecule has 0 radical (unpaired) electrons. The number of rotatable bonds is 5. The normalized spacial score (nSPS) is 15.1. The van der Waals surface area contributed by atoms with Gasteiger partial charge in [-0.15, -0.1) is 0 Å². The van der Waals surface area contributed by atoms with Crippen molar-refractivity contribution in [2.45, 2.75) is 32.0 Å². The molecule has 1 fully saturated rings. The number of amides is 2. The summed E-state index contributed by atoms with van der Waals surface area (Å²) < 4.78 is 42.9. The van der Waals surface area contributed by atoms with Gasteiger partial charge in [0, 0.05) is 24.3 Å². The van der Waals surface area contributed by atoms with Gasteiger partial charge in [-0.05, 0) is 55.8 Å². The Bertz CT molecular complexity index is 957. The number of hydrogen-bond acceptors (Lipinski definition) is 4. The SMILES string of the molecule is CC(OC(=O)c1cccc(N2CCCC2=O)c1)C(=O)Nc1ccc(C(F)(F)F)cc1. The van der Waals surface area contributed by atoms with Crippen LogP contribution in [0.15, 0.2) is 48.5 Å². The Kier molecular flexibility index (Phi) is 6.09. The molecule has 0 aromatic heterocycles. The maximum atomic E-state index is 12.6. The Morgan fingerprint density at radius 1 is 1.13 bits per heavy atom. The summed E-state index contributed by atoms with van der Waals surface area (Å²) >= 11 is 0. The second-order valence-corrected chi connectivity index (χ2v) is 6.81. The van der Waals surface area contributed by atoms with Gasteiger partial charge >= 0.3 is 12.1 Å². The van der Waals surface area contributed by atoms with Crippen LogP contribution >= 0.6 is 0 Å². The molecule has 2 aromatic rings. The summed E-state index contributed by atoms with van der Waals surface area (Å²) in [7, 11) is 0.